The molecule has 204 valence electrons. The summed E-state index contributed by atoms with van der Waals surface area (Å²) >= 11 is 5.85. The van der Waals surface area contributed by atoms with Gasteiger partial charge < -0.3 is 30.2 Å². The van der Waals surface area contributed by atoms with Gasteiger partial charge in [-0.15, -0.1) is 0 Å². The van der Waals surface area contributed by atoms with E-state index < -0.39 is 17.0 Å². The van der Waals surface area contributed by atoms with Gasteiger partial charge in [-0.3, -0.25) is 10.2 Å². The Bertz CT molecular complexity index is 1320. The van der Waals surface area contributed by atoms with Crippen LogP contribution in [0.25, 0.3) is 5.57 Å². The molecule has 5 N–H and O–H groups in total. The summed E-state index contributed by atoms with van der Waals surface area (Å²) in [7, 11) is 3.42. The second-order valence-corrected chi connectivity index (χ2v) is 11.1. The van der Waals surface area contributed by atoms with Crippen molar-refractivity contribution in [3.05, 3.63) is 64.6 Å². The second-order valence-electron chi connectivity index (χ2n) is 10.7. The van der Waals surface area contributed by atoms with Gasteiger partial charge in [-0.2, -0.15) is 0 Å². The van der Waals surface area contributed by atoms with Crippen LogP contribution >= 0.6 is 11.6 Å². The number of allylic oxidation sites excluding steroid dienone is 2. The molecule has 1 fully saturated rings. The summed E-state index contributed by atoms with van der Waals surface area (Å²) in [4.78, 5) is 17.6. The first kappa shape index (κ1) is 27.8. The third-order valence-corrected chi connectivity index (χ3v) is 7.23. The van der Waals surface area contributed by atoms with E-state index in [4.69, 9.17) is 21.7 Å². The van der Waals surface area contributed by atoms with Crippen molar-refractivity contribution in [2.24, 2.45) is 18.9 Å². The summed E-state index contributed by atoms with van der Waals surface area (Å²) < 4.78 is 20.5. The van der Waals surface area contributed by atoms with Crippen LogP contribution in [0.4, 0.5) is 10.1 Å². The highest BCUT2D eigenvalue weighted by atomic mass is 35.5. The molecule has 3 unspecified atom stereocenters. The van der Waals surface area contributed by atoms with E-state index in [2.05, 4.69) is 21.7 Å². The summed E-state index contributed by atoms with van der Waals surface area (Å²) in [5.41, 5.74) is 0.500. The van der Waals surface area contributed by atoms with Crippen molar-refractivity contribution in [3.8, 4) is 0 Å². The Morgan fingerprint density at radius 1 is 1.42 bits per heavy atom. The van der Waals surface area contributed by atoms with Crippen LogP contribution in [-0.2, 0) is 11.8 Å². The van der Waals surface area contributed by atoms with Crippen LogP contribution in [0.15, 0.2) is 42.4 Å². The lowest BCUT2D eigenvalue weighted by molar-refractivity contribution is 0.0237. The van der Waals surface area contributed by atoms with Crippen LogP contribution in [0.2, 0.25) is 5.02 Å². The van der Waals surface area contributed by atoms with Crippen molar-refractivity contribution in [1.82, 2.24) is 14.9 Å². The maximum absolute atomic E-state index is 13.5. The third-order valence-electron chi connectivity index (χ3n) is 6.94. The van der Waals surface area contributed by atoms with Crippen molar-refractivity contribution in [2.75, 3.05) is 19.0 Å². The molecule has 4 rings (SSSR count). The molecule has 1 heterocycles. The van der Waals surface area contributed by atoms with E-state index in [-0.39, 0.29) is 35.3 Å². The molecule has 0 saturated heterocycles. The minimum atomic E-state index is -1.16. The number of likely N-dealkylation sites (N-methyl/N-ethyl adjacent to an activating group) is 1. The average molecular weight is 546 g/mol. The number of hydrogen-bond acceptors (Lipinski definition) is 7. The molecule has 1 aromatic carbocycles. The first-order valence-electron chi connectivity index (χ1n) is 12.3. The van der Waals surface area contributed by atoms with E-state index in [0.29, 0.717) is 42.0 Å². The van der Waals surface area contributed by atoms with Crippen LogP contribution in [0.3, 0.4) is 0 Å². The fourth-order valence-electron chi connectivity index (χ4n) is 5.21. The van der Waals surface area contributed by atoms with Crippen molar-refractivity contribution in [2.45, 2.75) is 44.3 Å². The minimum Gasteiger partial charge on any atom is -0.475 e. The van der Waals surface area contributed by atoms with E-state index in [1.54, 1.807) is 38.8 Å². The van der Waals surface area contributed by atoms with Gasteiger partial charge in [0.1, 0.15) is 23.7 Å². The lowest BCUT2D eigenvalue weighted by Gasteiger charge is -2.27. The number of nitrogens with one attached hydrogen (secondary N) is 3. The average Bonchev–Trinajstić information content (AvgIpc) is 3.49. The number of aliphatic hydroxyl groups is 2. The van der Waals surface area contributed by atoms with Gasteiger partial charge in [-0.05, 0) is 68.7 Å². The number of rotatable bonds is 8. The van der Waals surface area contributed by atoms with Crippen molar-refractivity contribution >= 4 is 34.7 Å². The van der Waals surface area contributed by atoms with Gasteiger partial charge in [0.05, 0.1) is 22.6 Å². The zero-order chi connectivity index (χ0) is 27.8. The predicted molar refractivity (Wildman–Crippen MR) is 143 cm³/mol. The highest BCUT2D eigenvalue weighted by molar-refractivity contribution is 6.31. The van der Waals surface area contributed by atoms with Gasteiger partial charge in [0, 0.05) is 31.6 Å². The Hall–Kier alpha value is -3.21. The van der Waals surface area contributed by atoms with Crippen LogP contribution in [0.5, 0.6) is 0 Å². The highest BCUT2D eigenvalue weighted by Gasteiger charge is 2.48. The lowest BCUT2D eigenvalue weighted by Crippen LogP contribution is -2.36. The van der Waals surface area contributed by atoms with Gasteiger partial charge in [0.15, 0.2) is 0 Å². The number of fused-ring (bicyclic) bond motifs is 1. The molecule has 0 aliphatic heterocycles. The van der Waals surface area contributed by atoms with Gasteiger partial charge in [-0.25, -0.2) is 9.37 Å². The van der Waals surface area contributed by atoms with Crippen LogP contribution < -0.4 is 10.6 Å². The minimum absolute atomic E-state index is 0.0384. The van der Waals surface area contributed by atoms with Crippen molar-refractivity contribution in [1.29, 1.82) is 5.41 Å². The van der Waals surface area contributed by atoms with Gasteiger partial charge >= 0.3 is 0 Å². The lowest BCUT2D eigenvalue weighted by atomic mass is 9.92. The topological polar surface area (TPSA) is 132 Å². The molecule has 1 saturated carbocycles. The van der Waals surface area contributed by atoms with Crippen LogP contribution in [0, 0.1) is 23.1 Å². The van der Waals surface area contributed by atoms with E-state index in [0.717, 1.165) is 5.57 Å². The third kappa shape index (κ3) is 5.92. The second kappa shape index (κ2) is 10.5. The molecule has 2 aliphatic rings. The number of carbonyl (C=O) groups is 1. The molecule has 0 spiro atoms. The van der Waals surface area contributed by atoms with Crippen LogP contribution in [-0.4, -0.2) is 56.4 Å². The maximum atomic E-state index is 13.5. The number of anilines is 1. The molecule has 38 heavy (non-hydrogen) atoms. The number of carbonyl (C=O) groups excluding carboxylic acids is 1. The van der Waals surface area contributed by atoms with E-state index in [9.17, 15) is 19.4 Å². The molecule has 1 amide bonds. The summed E-state index contributed by atoms with van der Waals surface area (Å²) in [5.74, 6) is -0.908. The summed E-state index contributed by atoms with van der Waals surface area (Å²) in [6.45, 7) is 3.14. The first-order chi connectivity index (χ1) is 17.8. The molecule has 11 heteroatoms. The van der Waals surface area contributed by atoms with Crippen molar-refractivity contribution < 1.29 is 24.1 Å². The molecular weight excluding hydrogens is 513 g/mol. The molecule has 2 aromatic rings. The standard InChI is InChI=1S/C27H33ClFN5O4/c1-26(2,36)13-38-22(30)10-21(31-3)27(37)11-16-7-15(8-17(16)12-27)23-24(34(4)14-32-23)25(35)33-18-5-6-20(29)19(28)9-18/h5-7,9-10,14,16-17,30-31,36-37H,8,11-13H2,1-4H3,(H,33,35)/b21-10-,30-22?. The van der Waals surface area contributed by atoms with E-state index in [1.807, 2.05) is 0 Å². The smallest absolute Gasteiger partial charge is 0.274 e. The molecule has 1 aromatic heterocycles. The number of nitrogens with zero attached hydrogens (tertiary/aromatic N) is 2. The molecule has 2 aliphatic carbocycles. The molecular formula is C27H33ClFN5O4. The Balaban J connectivity index is 1.49. The largest absolute Gasteiger partial charge is 0.475 e. The normalized spacial score (nSPS) is 23.2. The number of ether oxygens (including phenoxy) is 1. The zero-order valence-electron chi connectivity index (χ0n) is 21.8. The number of amides is 1. The molecule has 0 radical (unpaired) electrons. The Labute approximate surface area is 225 Å². The number of hydrogen-bond donors (Lipinski definition) is 5. The summed E-state index contributed by atoms with van der Waals surface area (Å²) in [6.07, 6.45) is 6.64. The van der Waals surface area contributed by atoms with Crippen molar-refractivity contribution in [3.63, 3.8) is 0 Å². The number of aromatic nitrogens is 2. The first-order valence-corrected chi connectivity index (χ1v) is 12.7. The highest BCUT2D eigenvalue weighted by Crippen LogP contribution is 2.51. The van der Waals surface area contributed by atoms with E-state index in [1.165, 1.54) is 24.3 Å². The van der Waals surface area contributed by atoms with E-state index >= 15 is 0 Å². The zero-order valence-corrected chi connectivity index (χ0v) is 22.6. The fraction of sp³-hybridized carbons (Fsp3) is 0.444. The Morgan fingerprint density at radius 2 is 2.16 bits per heavy atom. The van der Waals surface area contributed by atoms with Gasteiger partial charge in [0.25, 0.3) is 5.91 Å². The molecule has 9 nitrogen and oxygen atoms in total. The molecule has 0 bridgehead atoms. The Kier molecular flexibility index (Phi) is 7.69. The van der Waals surface area contributed by atoms with Gasteiger partial charge in [-0.1, -0.05) is 17.7 Å². The maximum Gasteiger partial charge on any atom is 0.274 e. The monoisotopic (exact) mass is 545 g/mol. The quantitative estimate of drug-likeness (QED) is 0.253. The number of imidazole rings is 1. The molecule has 3 atom stereocenters. The predicted octanol–water partition coefficient (Wildman–Crippen LogP) is 3.88. The number of aryl methyl sites for hydroxylation is 1. The Morgan fingerprint density at radius 3 is 2.79 bits per heavy atom. The number of halogens is 2. The summed E-state index contributed by atoms with van der Waals surface area (Å²) in [5, 5.41) is 35.1. The van der Waals surface area contributed by atoms with Gasteiger partial charge in [0.2, 0.25) is 5.90 Å². The summed E-state index contributed by atoms with van der Waals surface area (Å²) in [6, 6.07) is 3.99. The number of benzene rings is 1. The van der Waals surface area contributed by atoms with Crippen LogP contribution in [0.1, 0.15) is 49.3 Å². The SMILES string of the molecule is CN/C(=C\C(=N)OCC(C)(C)O)C1(O)CC2C=C(c3ncn(C)c3C(=O)Nc3ccc(F)c(Cl)c3)CC2C1. The fourth-order valence-corrected chi connectivity index (χ4v) is 5.39.